The van der Waals surface area contributed by atoms with Crippen LogP contribution in [0.4, 0.5) is 0 Å². The van der Waals surface area contributed by atoms with Crippen molar-refractivity contribution in [3.8, 4) is 0 Å². The van der Waals surface area contributed by atoms with Gasteiger partial charge in [0.1, 0.15) is 6.04 Å². The molecule has 0 bridgehead atoms. The van der Waals surface area contributed by atoms with E-state index in [1.54, 1.807) is 4.90 Å². The van der Waals surface area contributed by atoms with Crippen LogP contribution in [0, 0.1) is 11.3 Å². The Morgan fingerprint density at radius 3 is 2.32 bits per heavy atom. The van der Waals surface area contributed by atoms with E-state index in [0.29, 0.717) is 12.5 Å². The minimum Gasteiger partial charge on any atom is -0.467 e. The number of hydrogen-bond donors (Lipinski definition) is 1. The summed E-state index contributed by atoms with van der Waals surface area (Å²) in [6.45, 7) is 6.31. The molecule has 19 heavy (non-hydrogen) atoms. The monoisotopic (exact) mass is 270 g/mol. The molecule has 0 aliphatic heterocycles. The van der Waals surface area contributed by atoms with Crippen molar-refractivity contribution in [3.63, 3.8) is 0 Å². The summed E-state index contributed by atoms with van der Waals surface area (Å²) in [5, 5.41) is 0. The summed E-state index contributed by atoms with van der Waals surface area (Å²) in [5.41, 5.74) is 5.10. The van der Waals surface area contributed by atoms with Gasteiger partial charge in [0.05, 0.1) is 13.7 Å². The Morgan fingerprint density at radius 2 is 1.95 bits per heavy atom. The van der Waals surface area contributed by atoms with E-state index in [2.05, 4.69) is 0 Å². The predicted octanol–water partition coefficient (Wildman–Crippen LogP) is 1.16. The number of methoxy groups -OCH3 is 1. The standard InChI is InChI=1S/C14H26N2O3/c1-14(2,3)12(13(18)19-4)16(11(17)9-15)8-7-10-5-6-10/h10,12H,5-9,15H2,1-4H3/t12-/m1/s1. The van der Waals surface area contributed by atoms with Gasteiger partial charge in [0, 0.05) is 6.54 Å². The molecule has 0 unspecified atom stereocenters. The van der Waals surface area contributed by atoms with Crippen molar-refractivity contribution in [1.82, 2.24) is 4.90 Å². The first kappa shape index (κ1) is 16.0. The van der Waals surface area contributed by atoms with Gasteiger partial charge in [-0.2, -0.15) is 0 Å². The molecular weight excluding hydrogens is 244 g/mol. The average molecular weight is 270 g/mol. The minimum absolute atomic E-state index is 0.0752. The first-order valence-corrected chi connectivity index (χ1v) is 6.88. The van der Waals surface area contributed by atoms with Crippen LogP contribution in [0.25, 0.3) is 0 Å². The molecule has 1 fully saturated rings. The number of carbonyl (C=O) groups excluding carboxylic acids is 2. The van der Waals surface area contributed by atoms with Crippen LogP contribution in [0.5, 0.6) is 0 Å². The van der Waals surface area contributed by atoms with Crippen LogP contribution in [0.1, 0.15) is 40.0 Å². The van der Waals surface area contributed by atoms with E-state index in [-0.39, 0.29) is 23.8 Å². The van der Waals surface area contributed by atoms with Crippen molar-refractivity contribution in [2.24, 2.45) is 17.1 Å². The second-order valence-electron chi connectivity index (χ2n) is 6.32. The third-order valence-electron chi connectivity index (χ3n) is 3.53. The number of amides is 1. The number of nitrogens with zero attached hydrogens (tertiary/aromatic N) is 1. The van der Waals surface area contributed by atoms with Gasteiger partial charge in [-0.3, -0.25) is 4.79 Å². The van der Waals surface area contributed by atoms with E-state index < -0.39 is 6.04 Å². The van der Waals surface area contributed by atoms with Gasteiger partial charge >= 0.3 is 5.97 Å². The predicted molar refractivity (Wildman–Crippen MR) is 73.4 cm³/mol. The molecule has 1 rings (SSSR count). The smallest absolute Gasteiger partial charge is 0.329 e. The van der Waals surface area contributed by atoms with Crippen LogP contribution < -0.4 is 5.73 Å². The zero-order valence-electron chi connectivity index (χ0n) is 12.4. The number of esters is 1. The molecule has 1 atom stereocenters. The third kappa shape index (κ3) is 4.49. The summed E-state index contributed by atoms with van der Waals surface area (Å²) in [5.74, 6) is 0.141. The molecule has 110 valence electrons. The normalized spacial score (nSPS) is 16.9. The van der Waals surface area contributed by atoms with Gasteiger partial charge in [0.15, 0.2) is 0 Å². The highest BCUT2D eigenvalue weighted by atomic mass is 16.5. The highest BCUT2D eigenvalue weighted by Crippen LogP contribution is 2.34. The van der Waals surface area contributed by atoms with Crippen LogP contribution in [-0.4, -0.2) is 43.0 Å². The maximum Gasteiger partial charge on any atom is 0.329 e. The van der Waals surface area contributed by atoms with Gasteiger partial charge < -0.3 is 15.4 Å². The number of nitrogens with two attached hydrogens (primary N) is 1. The van der Waals surface area contributed by atoms with Gasteiger partial charge in [0.25, 0.3) is 0 Å². The molecule has 0 saturated heterocycles. The van der Waals surface area contributed by atoms with Gasteiger partial charge in [-0.25, -0.2) is 4.79 Å². The van der Waals surface area contributed by atoms with E-state index in [4.69, 9.17) is 10.5 Å². The second kappa shape index (κ2) is 6.37. The Hall–Kier alpha value is -1.10. The van der Waals surface area contributed by atoms with Crippen molar-refractivity contribution in [2.45, 2.75) is 46.1 Å². The van der Waals surface area contributed by atoms with Gasteiger partial charge in [-0.15, -0.1) is 0 Å². The molecule has 0 radical (unpaired) electrons. The lowest BCUT2D eigenvalue weighted by Crippen LogP contribution is -2.54. The molecule has 0 spiro atoms. The van der Waals surface area contributed by atoms with Crippen molar-refractivity contribution < 1.29 is 14.3 Å². The maximum absolute atomic E-state index is 12.0. The zero-order valence-corrected chi connectivity index (χ0v) is 12.4. The van der Waals surface area contributed by atoms with Gasteiger partial charge in [-0.05, 0) is 17.8 Å². The fourth-order valence-corrected chi connectivity index (χ4v) is 2.30. The summed E-state index contributed by atoms with van der Waals surface area (Å²) in [7, 11) is 1.35. The molecule has 0 aromatic rings. The van der Waals surface area contributed by atoms with Crippen LogP contribution in [-0.2, 0) is 14.3 Å². The highest BCUT2D eigenvalue weighted by Gasteiger charge is 2.39. The lowest BCUT2D eigenvalue weighted by molar-refractivity contribution is -0.157. The van der Waals surface area contributed by atoms with Crippen molar-refractivity contribution >= 4 is 11.9 Å². The van der Waals surface area contributed by atoms with Crippen molar-refractivity contribution in [1.29, 1.82) is 0 Å². The molecule has 0 aromatic heterocycles. The van der Waals surface area contributed by atoms with E-state index >= 15 is 0 Å². The van der Waals surface area contributed by atoms with E-state index in [0.717, 1.165) is 6.42 Å². The van der Waals surface area contributed by atoms with Crippen LogP contribution in [0.2, 0.25) is 0 Å². The van der Waals surface area contributed by atoms with Crippen LogP contribution in [0.3, 0.4) is 0 Å². The molecule has 1 saturated carbocycles. The fourth-order valence-electron chi connectivity index (χ4n) is 2.30. The molecule has 0 heterocycles. The Morgan fingerprint density at radius 1 is 1.37 bits per heavy atom. The lowest BCUT2D eigenvalue weighted by Gasteiger charge is -2.38. The lowest BCUT2D eigenvalue weighted by atomic mass is 9.85. The molecule has 1 aliphatic rings. The summed E-state index contributed by atoms with van der Waals surface area (Å²) < 4.78 is 4.86. The number of carbonyl (C=O) groups is 2. The fraction of sp³-hybridized carbons (Fsp3) is 0.857. The van der Waals surface area contributed by atoms with Crippen LogP contribution in [0.15, 0.2) is 0 Å². The molecule has 5 heteroatoms. The molecule has 1 amide bonds. The third-order valence-corrected chi connectivity index (χ3v) is 3.53. The quantitative estimate of drug-likeness (QED) is 0.735. The number of hydrogen-bond acceptors (Lipinski definition) is 4. The SMILES string of the molecule is COC(=O)[C@@H](N(CCC1CC1)C(=O)CN)C(C)(C)C. The molecule has 2 N–H and O–H groups in total. The second-order valence-corrected chi connectivity index (χ2v) is 6.32. The summed E-state index contributed by atoms with van der Waals surface area (Å²) in [4.78, 5) is 25.7. The summed E-state index contributed by atoms with van der Waals surface area (Å²) in [6, 6.07) is -0.577. The first-order valence-electron chi connectivity index (χ1n) is 6.88. The summed E-state index contributed by atoms with van der Waals surface area (Å²) >= 11 is 0. The van der Waals surface area contributed by atoms with E-state index in [9.17, 15) is 9.59 Å². The first-order chi connectivity index (χ1) is 8.81. The van der Waals surface area contributed by atoms with E-state index in [1.807, 2.05) is 20.8 Å². The van der Waals surface area contributed by atoms with Crippen LogP contribution >= 0.6 is 0 Å². The average Bonchev–Trinajstić information content (AvgIpc) is 3.14. The number of rotatable bonds is 6. The minimum atomic E-state index is -0.577. The zero-order chi connectivity index (χ0) is 14.6. The molecule has 5 nitrogen and oxygen atoms in total. The van der Waals surface area contributed by atoms with Crippen molar-refractivity contribution in [2.75, 3.05) is 20.2 Å². The summed E-state index contributed by atoms with van der Waals surface area (Å²) in [6.07, 6.45) is 3.39. The Labute approximate surface area is 115 Å². The molecule has 1 aliphatic carbocycles. The maximum atomic E-state index is 12.0. The highest BCUT2D eigenvalue weighted by molar-refractivity contribution is 5.86. The van der Waals surface area contributed by atoms with Gasteiger partial charge in [-0.1, -0.05) is 33.6 Å². The Kier molecular flexibility index (Phi) is 5.35. The topological polar surface area (TPSA) is 72.6 Å². The van der Waals surface area contributed by atoms with E-state index in [1.165, 1.54) is 20.0 Å². The Bertz CT molecular complexity index is 332. The Balaban J connectivity index is 2.87. The largest absolute Gasteiger partial charge is 0.467 e. The number of ether oxygens (including phenoxy) is 1. The molecule has 0 aromatic carbocycles. The van der Waals surface area contributed by atoms with Gasteiger partial charge in [0.2, 0.25) is 5.91 Å². The molecular formula is C14H26N2O3. The van der Waals surface area contributed by atoms with Crippen molar-refractivity contribution in [3.05, 3.63) is 0 Å².